The fourth-order valence-electron chi connectivity index (χ4n) is 4.52. The van der Waals surface area contributed by atoms with Crippen molar-refractivity contribution in [2.75, 3.05) is 40.3 Å². The molecule has 3 amide bonds. The summed E-state index contributed by atoms with van der Waals surface area (Å²) in [5.41, 5.74) is -0.746. The minimum atomic E-state index is -0.746. The van der Waals surface area contributed by atoms with Crippen LogP contribution in [-0.2, 0) is 11.3 Å². The molecule has 0 aromatic carbocycles. The fraction of sp³-hybridized carbons (Fsp3) is 0.727. The molecule has 2 fully saturated rings. The second-order valence-electron chi connectivity index (χ2n) is 9.22. The van der Waals surface area contributed by atoms with E-state index in [1.807, 2.05) is 31.1 Å². The molecule has 1 aromatic heterocycles. The highest BCUT2D eigenvalue weighted by Crippen LogP contribution is 2.38. The minimum Gasteiger partial charge on any atom is -0.468 e. The average molecular weight is 405 g/mol. The Balaban J connectivity index is 1.70. The molecule has 1 unspecified atom stereocenters. The second kappa shape index (κ2) is 9.30. The Labute approximate surface area is 174 Å². The van der Waals surface area contributed by atoms with Gasteiger partial charge in [-0.25, -0.2) is 4.79 Å². The number of piperidine rings is 1. The van der Waals surface area contributed by atoms with Gasteiger partial charge < -0.3 is 14.6 Å². The summed E-state index contributed by atoms with van der Waals surface area (Å²) in [7, 11) is 3.92. The van der Waals surface area contributed by atoms with E-state index in [2.05, 4.69) is 24.1 Å². The number of nitrogens with one attached hydrogen (secondary N) is 1. The first-order valence-electron chi connectivity index (χ1n) is 10.9. The third-order valence-electron chi connectivity index (χ3n) is 6.33. The fourth-order valence-corrected chi connectivity index (χ4v) is 4.52. The molecule has 0 aliphatic carbocycles. The molecule has 1 aromatic rings. The zero-order valence-electron chi connectivity index (χ0n) is 18.3. The van der Waals surface area contributed by atoms with Gasteiger partial charge >= 0.3 is 6.03 Å². The lowest BCUT2D eigenvalue weighted by Gasteiger charge is -2.41. The van der Waals surface area contributed by atoms with Crippen LogP contribution in [-0.4, -0.2) is 72.5 Å². The highest BCUT2D eigenvalue weighted by Gasteiger charge is 2.55. The molecule has 7 heteroatoms. The van der Waals surface area contributed by atoms with Crippen molar-refractivity contribution in [2.24, 2.45) is 11.8 Å². The van der Waals surface area contributed by atoms with Crippen molar-refractivity contribution in [2.45, 2.75) is 51.6 Å². The van der Waals surface area contributed by atoms with Gasteiger partial charge in [-0.1, -0.05) is 13.8 Å². The summed E-state index contributed by atoms with van der Waals surface area (Å²) < 4.78 is 5.48. The van der Waals surface area contributed by atoms with E-state index < -0.39 is 5.54 Å². The van der Waals surface area contributed by atoms with E-state index in [0.717, 1.165) is 51.1 Å². The highest BCUT2D eigenvalue weighted by molar-refractivity contribution is 6.07. The van der Waals surface area contributed by atoms with Crippen LogP contribution in [0.3, 0.4) is 0 Å². The third-order valence-corrected chi connectivity index (χ3v) is 6.33. The molecule has 0 bridgehead atoms. The Kier molecular flexibility index (Phi) is 7.01. The monoisotopic (exact) mass is 404 g/mol. The molecular weight excluding hydrogens is 368 g/mol. The van der Waals surface area contributed by atoms with Crippen molar-refractivity contribution in [1.29, 1.82) is 0 Å². The standard InChI is InChI=1S/C22H36N4O3/c1-17(2)7-10-22(20(27)26(21(28)23-22)14-13-24(3)4)18-8-11-25(12-9-18)16-19-6-5-15-29-19/h5-6,15,17-18H,7-14,16H2,1-4H3,(H,23,28). The first-order chi connectivity index (χ1) is 13.8. The van der Waals surface area contributed by atoms with E-state index in [9.17, 15) is 9.59 Å². The number of likely N-dealkylation sites (N-methyl/N-ethyl adjacent to an activating group) is 1. The molecule has 3 rings (SSSR count). The summed E-state index contributed by atoms with van der Waals surface area (Å²) in [5.74, 6) is 1.62. The number of amides is 3. The number of hydrogen-bond acceptors (Lipinski definition) is 5. The Bertz CT molecular complexity index is 680. The Hall–Kier alpha value is -1.86. The van der Waals surface area contributed by atoms with Crippen molar-refractivity contribution in [1.82, 2.24) is 20.0 Å². The quantitative estimate of drug-likeness (QED) is 0.641. The van der Waals surface area contributed by atoms with Crippen LogP contribution in [0.4, 0.5) is 4.79 Å². The number of nitrogens with zero attached hydrogens (tertiary/aromatic N) is 3. The van der Waals surface area contributed by atoms with Gasteiger partial charge in [0.15, 0.2) is 0 Å². The molecule has 162 valence electrons. The number of rotatable bonds is 9. The number of carbonyl (C=O) groups excluding carboxylic acids is 2. The molecule has 2 saturated heterocycles. The van der Waals surface area contributed by atoms with Gasteiger partial charge in [-0.3, -0.25) is 14.6 Å². The number of furan rings is 1. The van der Waals surface area contributed by atoms with Crippen LogP contribution in [0.1, 0.15) is 45.3 Å². The molecule has 0 spiro atoms. The van der Waals surface area contributed by atoms with Gasteiger partial charge in [-0.15, -0.1) is 0 Å². The van der Waals surface area contributed by atoms with Crippen LogP contribution in [0.5, 0.6) is 0 Å². The van der Waals surface area contributed by atoms with E-state index in [1.54, 1.807) is 6.26 Å². The lowest BCUT2D eigenvalue weighted by molar-refractivity contribution is -0.134. The first kappa shape index (κ1) is 21.8. The maximum Gasteiger partial charge on any atom is 0.325 e. The number of imide groups is 1. The molecule has 1 N–H and O–H groups in total. The molecular formula is C22H36N4O3. The second-order valence-corrected chi connectivity index (χ2v) is 9.22. The predicted molar refractivity (Wildman–Crippen MR) is 112 cm³/mol. The van der Waals surface area contributed by atoms with Gasteiger partial charge in [0.1, 0.15) is 11.3 Å². The maximum absolute atomic E-state index is 13.5. The van der Waals surface area contributed by atoms with Crippen LogP contribution in [0.25, 0.3) is 0 Å². The highest BCUT2D eigenvalue weighted by atomic mass is 16.3. The van der Waals surface area contributed by atoms with E-state index in [4.69, 9.17) is 4.42 Å². The molecule has 3 heterocycles. The molecule has 1 atom stereocenters. The topological polar surface area (TPSA) is 69.0 Å². The van der Waals surface area contributed by atoms with Gasteiger partial charge in [-0.05, 0) is 76.8 Å². The summed E-state index contributed by atoms with van der Waals surface area (Å²) >= 11 is 0. The van der Waals surface area contributed by atoms with Crippen molar-refractivity contribution in [3.63, 3.8) is 0 Å². The molecule has 2 aliphatic heterocycles. The zero-order chi connectivity index (χ0) is 21.0. The van der Waals surface area contributed by atoms with Crippen LogP contribution < -0.4 is 5.32 Å². The molecule has 7 nitrogen and oxygen atoms in total. The lowest BCUT2D eigenvalue weighted by Crippen LogP contribution is -2.56. The predicted octanol–water partition coefficient (Wildman–Crippen LogP) is 2.78. The van der Waals surface area contributed by atoms with E-state index in [1.165, 1.54) is 4.90 Å². The average Bonchev–Trinajstić information content (AvgIpc) is 3.26. The van der Waals surface area contributed by atoms with Gasteiger partial charge in [0, 0.05) is 13.1 Å². The summed E-state index contributed by atoms with van der Waals surface area (Å²) in [6.45, 7) is 8.09. The largest absolute Gasteiger partial charge is 0.468 e. The van der Waals surface area contributed by atoms with E-state index >= 15 is 0 Å². The minimum absolute atomic E-state index is 0.0190. The molecule has 29 heavy (non-hydrogen) atoms. The SMILES string of the molecule is CC(C)CCC1(C2CCN(Cc3ccco3)CC2)NC(=O)N(CCN(C)C)C1=O. The number of carbonyl (C=O) groups is 2. The Morgan fingerprint density at radius 3 is 2.59 bits per heavy atom. The number of hydrogen-bond donors (Lipinski definition) is 1. The van der Waals surface area contributed by atoms with Gasteiger partial charge in [-0.2, -0.15) is 0 Å². The van der Waals surface area contributed by atoms with Crippen molar-refractivity contribution < 1.29 is 14.0 Å². The maximum atomic E-state index is 13.5. The summed E-state index contributed by atoms with van der Waals surface area (Å²) in [5, 5.41) is 3.16. The van der Waals surface area contributed by atoms with Crippen LogP contribution in [0.15, 0.2) is 22.8 Å². The van der Waals surface area contributed by atoms with Gasteiger partial charge in [0.05, 0.1) is 12.8 Å². The Morgan fingerprint density at radius 2 is 2.00 bits per heavy atom. The number of likely N-dealkylation sites (tertiary alicyclic amines) is 1. The lowest BCUT2D eigenvalue weighted by atomic mass is 9.74. The zero-order valence-corrected chi connectivity index (χ0v) is 18.3. The van der Waals surface area contributed by atoms with Crippen LogP contribution >= 0.6 is 0 Å². The Morgan fingerprint density at radius 1 is 1.28 bits per heavy atom. The van der Waals surface area contributed by atoms with Crippen molar-refractivity contribution in [3.05, 3.63) is 24.2 Å². The van der Waals surface area contributed by atoms with Gasteiger partial charge in [0.2, 0.25) is 0 Å². The van der Waals surface area contributed by atoms with Crippen LogP contribution in [0, 0.1) is 11.8 Å². The summed E-state index contributed by atoms with van der Waals surface area (Å²) in [4.78, 5) is 32.0. The normalized spacial score (nSPS) is 24.1. The van der Waals surface area contributed by atoms with Crippen molar-refractivity contribution >= 4 is 11.9 Å². The molecule has 0 radical (unpaired) electrons. The van der Waals surface area contributed by atoms with Gasteiger partial charge in [0.25, 0.3) is 5.91 Å². The van der Waals surface area contributed by atoms with E-state index in [-0.39, 0.29) is 17.9 Å². The number of urea groups is 1. The van der Waals surface area contributed by atoms with E-state index in [0.29, 0.717) is 19.0 Å². The molecule has 0 saturated carbocycles. The van der Waals surface area contributed by atoms with Crippen LogP contribution in [0.2, 0.25) is 0 Å². The molecule has 2 aliphatic rings. The third kappa shape index (κ3) is 5.01. The summed E-state index contributed by atoms with van der Waals surface area (Å²) in [6.07, 6.45) is 5.17. The summed E-state index contributed by atoms with van der Waals surface area (Å²) in [6, 6.07) is 3.69. The smallest absolute Gasteiger partial charge is 0.325 e. The van der Waals surface area contributed by atoms with Crippen molar-refractivity contribution in [3.8, 4) is 0 Å². The first-order valence-corrected chi connectivity index (χ1v) is 10.9.